The first-order chi connectivity index (χ1) is 12.5. The van der Waals surface area contributed by atoms with Crippen molar-refractivity contribution in [1.29, 1.82) is 0 Å². The Kier molecular flexibility index (Phi) is 5.37. The van der Waals surface area contributed by atoms with E-state index in [-0.39, 0.29) is 5.91 Å². The molecule has 0 radical (unpaired) electrons. The fourth-order valence-electron chi connectivity index (χ4n) is 2.83. The molecule has 5 nitrogen and oxygen atoms in total. The maximum absolute atomic E-state index is 12.1. The van der Waals surface area contributed by atoms with Crippen molar-refractivity contribution in [3.63, 3.8) is 0 Å². The van der Waals surface area contributed by atoms with Crippen LogP contribution in [0.2, 0.25) is 0 Å². The summed E-state index contributed by atoms with van der Waals surface area (Å²) in [5.74, 6) is -0.0742. The van der Waals surface area contributed by atoms with Crippen LogP contribution < -0.4 is 14.5 Å². The number of aromatic nitrogens is 3. The van der Waals surface area contributed by atoms with Gasteiger partial charge in [0.25, 0.3) is 5.91 Å². The van der Waals surface area contributed by atoms with E-state index in [1.54, 1.807) is 24.5 Å². The van der Waals surface area contributed by atoms with Crippen LogP contribution in [0.1, 0.15) is 21.7 Å². The Morgan fingerprint density at radius 1 is 1.00 bits per heavy atom. The number of nitrogens with zero attached hydrogens (tertiary/aromatic N) is 3. The Bertz CT molecular complexity index is 923. The molecule has 0 spiro atoms. The number of carbonyl (C=O) groups excluding carboxylic acids is 1. The second-order valence-corrected chi connectivity index (χ2v) is 6.41. The first-order valence-electron chi connectivity index (χ1n) is 8.69. The van der Waals surface area contributed by atoms with Crippen molar-refractivity contribution in [3.05, 3.63) is 78.1 Å². The van der Waals surface area contributed by atoms with Crippen molar-refractivity contribution < 1.29 is 13.9 Å². The van der Waals surface area contributed by atoms with Gasteiger partial charge >= 0.3 is 0 Å². The number of pyridine rings is 3. The molecule has 0 atom stereocenters. The number of aryl methyl sites for hydroxylation is 3. The van der Waals surface area contributed by atoms with Gasteiger partial charge in [-0.1, -0.05) is 0 Å². The first-order valence-corrected chi connectivity index (χ1v) is 8.69. The lowest BCUT2D eigenvalue weighted by Crippen LogP contribution is -2.42. The summed E-state index contributed by atoms with van der Waals surface area (Å²) in [4.78, 5) is 16.0. The van der Waals surface area contributed by atoms with Gasteiger partial charge in [-0.3, -0.25) is 9.78 Å². The Labute approximate surface area is 154 Å². The Balaban J connectivity index is 1.64. The van der Waals surface area contributed by atoms with Crippen LogP contribution >= 0.6 is 0 Å². The molecule has 0 unspecified atom stereocenters. The van der Waals surface area contributed by atoms with Crippen molar-refractivity contribution in [3.8, 4) is 11.1 Å². The minimum Gasteiger partial charge on any atom is -0.346 e. The second-order valence-electron chi connectivity index (χ2n) is 6.41. The SMILES string of the molecule is Cc1cc(-c2cc[n+](CCNC(=O)c3ccncc3)c(C)c2)cc[n+]1C. The van der Waals surface area contributed by atoms with Gasteiger partial charge in [0.05, 0.1) is 6.54 Å². The van der Waals surface area contributed by atoms with Gasteiger partial charge in [0.1, 0.15) is 7.05 Å². The van der Waals surface area contributed by atoms with Gasteiger partial charge in [-0.2, -0.15) is 0 Å². The van der Waals surface area contributed by atoms with Crippen LogP contribution in [0.15, 0.2) is 61.2 Å². The molecule has 1 N–H and O–H groups in total. The summed E-state index contributed by atoms with van der Waals surface area (Å²) >= 11 is 0. The van der Waals surface area contributed by atoms with Crippen LogP contribution in [0.5, 0.6) is 0 Å². The average Bonchev–Trinajstić information content (AvgIpc) is 2.66. The van der Waals surface area contributed by atoms with Crippen LogP contribution in [0.25, 0.3) is 11.1 Å². The molecular formula is C21H24N4O+2. The maximum Gasteiger partial charge on any atom is 0.251 e. The Hall–Kier alpha value is -3.08. The van der Waals surface area contributed by atoms with E-state index in [9.17, 15) is 4.79 Å². The van der Waals surface area contributed by atoms with Crippen molar-refractivity contribution in [2.45, 2.75) is 20.4 Å². The van der Waals surface area contributed by atoms with E-state index in [1.807, 2.05) is 7.05 Å². The van der Waals surface area contributed by atoms with Crippen LogP contribution in [0, 0.1) is 13.8 Å². The molecule has 132 valence electrons. The van der Waals surface area contributed by atoms with Crippen molar-refractivity contribution in [2.24, 2.45) is 7.05 Å². The smallest absolute Gasteiger partial charge is 0.251 e. The normalized spacial score (nSPS) is 10.6. The van der Waals surface area contributed by atoms with E-state index in [0.29, 0.717) is 12.1 Å². The molecule has 0 saturated heterocycles. The minimum absolute atomic E-state index is 0.0742. The highest BCUT2D eigenvalue weighted by Gasteiger charge is 2.11. The summed E-state index contributed by atoms with van der Waals surface area (Å²) in [6.07, 6.45) is 7.40. The standard InChI is InChI=1S/C21H23N4O/c1-16-14-19(6-11-24(16)3)20-7-12-25(17(2)15-20)13-10-23-21(26)18-4-8-22-9-5-18/h4-9,11-12,14-15H,10,13H2,1-3H3/q+1/p+1. The van der Waals surface area contributed by atoms with Crippen molar-refractivity contribution >= 4 is 5.91 Å². The van der Waals surface area contributed by atoms with Gasteiger partial charge in [-0.15, -0.1) is 0 Å². The summed E-state index contributed by atoms with van der Waals surface area (Å²) in [6, 6.07) is 12.0. The highest BCUT2D eigenvalue weighted by Crippen LogP contribution is 2.18. The van der Waals surface area contributed by atoms with Gasteiger partial charge in [-0.25, -0.2) is 9.13 Å². The summed E-state index contributed by atoms with van der Waals surface area (Å²) in [5, 5.41) is 2.94. The number of carbonyl (C=O) groups is 1. The molecule has 0 aliphatic rings. The van der Waals surface area contributed by atoms with Crippen LogP contribution in [0.3, 0.4) is 0 Å². The van der Waals surface area contributed by atoms with E-state index in [0.717, 1.165) is 12.2 Å². The van der Waals surface area contributed by atoms with E-state index in [2.05, 4.69) is 69.9 Å². The molecule has 5 heteroatoms. The second kappa shape index (κ2) is 7.87. The number of rotatable bonds is 5. The number of amides is 1. The van der Waals surface area contributed by atoms with Gasteiger partial charge in [0.15, 0.2) is 30.3 Å². The zero-order valence-corrected chi connectivity index (χ0v) is 15.4. The van der Waals surface area contributed by atoms with Crippen LogP contribution in [-0.2, 0) is 13.6 Å². The molecule has 1 amide bonds. The zero-order chi connectivity index (χ0) is 18.5. The number of nitrogens with one attached hydrogen (secondary N) is 1. The summed E-state index contributed by atoms with van der Waals surface area (Å²) in [5.41, 5.74) is 5.41. The Morgan fingerprint density at radius 3 is 2.31 bits per heavy atom. The van der Waals surface area contributed by atoms with Crippen LogP contribution in [0.4, 0.5) is 0 Å². The lowest BCUT2D eigenvalue weighted by molar-refractivity contribution is -0.700. The molecule has 3 aromatic heterocycles. The number of hydrogen-bond acceptors (Lipinski definition) is 2. The van der Waals surface area contributed by atoms with E-state index < -0.39 is 0 Å². The first kappa shape index (κ1) is 17.7. The topological polar surface area (TPSA) is 49.8 Å². The predicted molar refractivity (Wildman–Crippen MR) is 99.3 cm³/mol. The summed E-state index contributed by atoms with van der Waals surface area (Å²) in [6.45, 7) is 5.49. The molecule has 3 aromatic rings. The monoisotopic (exact) mass is 348 g/mol. The third-order valence-corrected chi connectivity index (χ3v) is 4.56. The van der Waals surface area contributed by atoms with Gasteiger partial charge in [0, 0.05) is 56.1 Å². The highest BCUT2D eigenvalue weighted by atomic mass is 16.1. The summed E-state index contributed by atoms with van der Waals surface area (Å²) in [7, 11) is 2.05. The van der Waals surface area contributed by atoms with Crippen molar-refractivity contribution in [2.75, 3.05) is 6.54 Å². The van der Waals surface area contributed by atoms with Gasteiger partial charge in [-0.05, 0) is 23.3 Å². The lowest BCUT2D eigenvalue weighted by atomic mass is 10.1. The number of hydrogen-bond donors (Lipinski definition) is 1. The molecule has 3 heterocycles. The molecule has 0 aliphatic heterocycles. The quantitative estimate of drug-likeness (QED) is 0.716. The zero-order valence-electron chi connectivity index (χ0n) is 15.4. The van der Waals surface area contributed by atoms with E-state index >= 15 is 0 Å². The molecule has 0 aromatic carbocycles. The molecule has 0 fully saturated rings. The largest absolute Gasteiger partial charge is 0.346 e. The van der Waals surface area contributed by atoms with Gasteiger partial charge in [0.2, 0.25) is 0 Å². The fraction of sp³-hybridized carbons (Fsp3) is 0.238. The minimum atomic E-state index is -0.0742. The van der Waals surface area contributed by atoms with E-state index in [1.165, 1.54) is 16.8 Å². The molecular weight excluding hydrogens is 324 g/mol. The summed E-state index contributed by atoms with van der Waals surface area (Å²) < 4.78 is 4.25. The average molecular weight is 348 g/mol. The predicted octanol–water partition coefficient (Wildman–Crippen LogP) is 1.91. The Morgan fingerprint density at radius 2 is 1.65 bits per heavy atom. The fourth-order valence-corrected chi connectivity index (χ4v) is 2.83. The molecule has 0 bridgehead atoms. The van der Waals surface area contributed by atoms with Gasteiger partial charge < -0.3 is 5.32 Å². The van der Waals surface area contributed by atoms with Crippen molar-refractivity contribution in [1.82, 2.24) is 10.3 Å². The molecule has 26 heavy (non-hydrogen) atoms. The van der Waals surface area contributed by atoms with E-state index in [4.69, 9.17) is 0 Å². The molecule has 0 aliphatic carbocycles. The maximum atomic E-state index is 12.1. The molecule has 3 rings (SSSR count). The third kappa shape index (κ3) is 4.11. The third-order valence-electron chi connectivity index (χ3n) is 4.56. The lowest BCUT2D eigenvalue weighted by Gasteiger charge is -2.06. The molecule has 0 saturated carbocycles. The van der Waals surface area contributed by atoms with Crippen LogP contribution in [-0.4, -0.2) is 17.4 Å². The highest BCUT2D eigenvalue weighted by molar-refractivity contribution is 5.93.